The van der Waals surface area contributed by atoms with Crippen LogP contribution in [0, 0.1) is 6.92 Å². The number of benzene rings is 1. The molecule has 1 atom stereocenters. The minimum atomic E-state index is -0.292. The molecule has 7 heteroatoms. The number of amides is 2. The second-order valence-electron chi connectivity index (χ2n) is 5.01. The van der Waals surface area contributed by atoms with Gasteiger partial charge in [-0.05, 0) is 44.2 Å². The van der Waals surface area contributed by atoms with Crippen molar-refractivity contribution in [2.75, 3.05) is 10.6 Å². The van der Waals surface area contributed by atoms with Gasteiger partial charge in [0.25, 0.3) is 0 Å². The van der Waals surface area contributed by atoms with Crippen molar-refractivity contribution < 1.29 is 9.59 Å². The minimum Gasteiger partial charge on any atom is -0.326 e. The largest absolute Gasteiger partial charge is 0.326 e. The van der Waals surface area contributed by atoms with Crippen LogP contribution in [-0.2, 0) is 9.59 Å². The number of nitrogens with one attached hydrogen (secondary N) is 2. The summed E-state index contributed by atoms with van der Waals surface area (Å²) in [6.07, 6.45) is 1.49. The Morgan fingerprint density at radius 2 is 1.70 bits per heavy atom. The van der Waals surface area contributed by atoms with E-state index in [2.05, 4.69) is 20.6 Å². The van der Waals surface area contributed by atoms with Crippen molar-refractivity contribution in [2.24, 2.45) is 0 Å². The molecule has 0 bridgehead atoms. The molecule has 120 valence electrons. The maximum atomic E-state index is 12.2. The first-order valence-corrected chi connectivity index (χ1v) is 7.96. The fourth-order valence-corrected chi connectivity index (χ4v) is 2.69. The number of aromatic nitrogens is 2. The lowest BCUT2D eigenvalue weighted by Gasteiger charge is -2.12. The van der Waals surface area contributed by atoms with Crippen LogP contribution in [0.15, 0.2) is 41.7 Å². The summed E-state index contributed by atoms with van der Waals surface area (Å²) in [5.41, 5.74) is 2.23. The standard InChI is InChI=1S/C16H18N4O2S/c1-10-8-15(18-9-17-10)23-11(2)16(22)20-14-6-4-13(5-7-14)19-12(3)21/h4-9,11H,1-3H3,(H,19,21)(H,20,22). The number of aryl methyl sites for hydroxylation is 1. The smallest absolute Gasteiger partial charge is 0.237 e. The average molecular weight is 330 g/mol. The van der Waals surface area contributed by atoms with Crippen LogP contribution in [0.3, 0.4) is 0 Å². The van der Waals surface area contributed by atoms with E-state index in [1.54, 1.807) is 24.3 Å². The highest BCUT2D eigenvalue weighted by Gasteiger charge is 2.15. The number of hydrogen-bond acceptors (Lipinski definition) is 5. The van der Waals surface area contributed by atoms with E-state index in [1.807, 2.05) is 19.9 Å². The van der Waals surface area contributed by atoms with E-state index < -0.39 is 0 Å². The van der Waals surface area contributed by atoms with Crippen LogP contribution >= 0.6 is 11.8 Å². The van der Waals surface area contributed by atoms with Gasteiger partial charge in [0.1, 0.15) is 11.4 Å². The zero-order chi connectivity index (χ0) is 16.8. The van der Waals surface area contributed by atoms with E-state index in [9.17, 15) is 9.59 Å². The molecule has 2 N–H and O–H groups in total. The van der Waals surface area contributed by atoms with Crippen LogP contribution in [-0.4, -0.2) is 27.0 Å². The summed E-state index contributed by atoms with van der Waals surface area (Å²) in [5.74, 6) is -0.245. The SMILES string of the molecule is CC(=O)Nc1ccc(NC(=O)C(C)Sc2cc(C)ncn2)cc1. The fourth-order valence-electron chi connectivity index (χ4n) is 1.81. The Balaban J connectivity index is 1.94. The van der Waals surface area contributed by atoms with Gasteiger partial charge >= 0.3 is 0 Å². The molecule has 6 nitrogen and oxygen atoms in total. The molecule has 1 aromatic carbocycles. The third kappa shape index (κ3) is 5.37. The lowest BCUT2D eigenvalue weighted by molar-refractivity contribution is -0.115. The van der Waals surface area contributed by atoms with Crippen molar-refractivity contribution in [3.05, 3.63) is 42.4 Å². The van der Waals surface area contributed by atoms with Crippen molar-refractivity contribution in [1.82, 2.24) is 9.97 Å². The highest BCUT2D eigenvalue weighted by molar-refractivity contribution is 8.00. The van der Waals surface area contributed by atoms with Crippen molar-refractivity contribution >= 4 is 35.0 Å². The summed E-state index contributed by atoms with van der Waals surface area (Å²) in [6.45, 7) is 5.15. The van der Waals surface area contributed by atoms with Crippen LogP contribution in [0.25, 0.3) is 0 Å². The molecule has 0 radical (unpaired) electrons. The van der Waals surface area contributed by atoms with Crippen molar-refractivity contribution in [2.45, 2.75) is 31.0 Å². The predicted molar refractivity (Wildman–Crippen MR) is 91.5 cm³/mol. The number of carbonyl (C=O) groups is 2. The highest BCUT2D eigenvalue weighted by atomic mass is 32.2. The monoisotopic (exact) mass is 330 g/mol. The summed E-state index contributed by atoms with van der Waals surface area (Å²) in [5, 5.41) is 5.99. The Hall–Kier alpha value is -2.41. The van der Waals surface area contributed by atoms with Crippen LogP contribution in [0.1, 0.15) is 19.5 Å². The van der Waals surface area contributed by atoms with Gasteiger partial charge in [-0.2, -0.15) is 0 Å². The number of anilines is 2. The number of nitrogens with zero attached hydrogens (tertiary/aromatic N) is 2. The molecule has 2 aromatic rings. The molecule has 1 unspecified atom stereocenters. The third-order valence-electron chi connectivity index (χ3n) is 2.92. The van der Waals surface area contributed by atoms with Gasteiger partial charge < -0.3 is 10.6 Å². The topological polar surface area (TPSA) is 84.0 Å². The number of rotatable bonds is 5. The normalized spacial score (nSPS) is 11.6. The molecular formula is C16H18N4O2S. The molecule has 0 aliphatic rings. The maximum absolute atomic E-state index is 12.2. The van der Waals surface area contributed by atoms with Gasteiger partial charge in [-0.15, -0.1) is 0 Å². The van der Waals surface area contributed by atoms with Gasteiger partial charge in [-0.3, -0.25) is 9.59 Å². The van der Waals surface area contributed by atoms with E-state index in [1.165, 1.54) is 25.0 Å². The first kappa shape index (κ1) is 17.0. The molecule has 23 heavy (non-hydrogen) atoms. The Kier molecular flexibility index (Phi) is 5.70. The van der Waals surface area contributed by atoms with Crippen molar-refractivity contribution in [3.8, 4) is 0 Å². The first-order chi connectivity index (χ1) is 10.9. The van der Waals surface area contributed by atoms with Crippen LogP contribution in [0.2, 0.25) is 0 Å². The average Bonchev–Trinajstić information content (AvgIpc) is 2.48. The molecule has 1 aromatic heterocycles. The summed E-state index contributed by atoms with van der Waals surface area (Å²) in [7, 11) is 0. The fraction of sp³-hybridized carbons (Fsp3) is 0.250. The second kappa shape index (κ2) is 7.73. The molecule has 0 aliphatic carbocycles. The molecule has 0 spiro atoms. The molecule has 2 rings (SSSR count). The van der Waals surface area contributed by atoms with Gasteiger partial charge in [0.15, 0.2) is 0 Å². The van der Waals surface area contributed by atoms with E-state index in [-0.39, 0.29) is 17.1 Å². The van der Waals surface area contributed by atoms with Crippen molar-refractivity contribution in [1.29, 1.82) is 0 Å². The summed E-state index contributed by atoms with van der Waals surface area (Å²) >= 11 is 1.38. The lowest BCUT2D eigenvalue weighted by atomic mass is 10.2. The zero-order valence-electron chi connectivity index (χ0n) is 13.2. The van der Waals surface area contributed by atoms with E-state index in [4.69, 9.17) is 0 Å². The Bertz CT molecular complexity index is 703. The predicted octanol–water partition coefficient (Wildman–Crippen LogP) is 2.86. The highest BCUT2D eigenvalue weighted by Crippen LogP contribution is 2.22. The molecular weight excluding hydrogens is 312 g/mol. The Labute approximate surface area is 139 Å². The molecule has 0 fully saturated rings. The Morgan fingerprint density at radius 1 is 1.09 bits per heavy atom. The zero-order valence-corrected chi connectivity index (χ0v) is 14.0. The van der Waals surface area contributed by atoms with Gasteiger partial charge in [0, 0.05) is 24.0 Å². The summed E-state index contributed by atoms with van der Waals surface area (Å²) < 4.78 is 0. The quantitative estimate of drug-likeness (QED) is 0.650. The molecule has 0 saturated carbocycles. The number of hydrogen-bond donors (Lipinski definition) is 2. The summed E-state index contributed by atoms with van der Waals surface area (Å²) in [4.78, 5) is 31.4. The van der Waals surface area contributed by atoms with E-state index in [0.717, 1.165) is 10.7 Å². The maximum Gasteiger partial charge on any atom is 0.237 e. The number of carbonyl (C=O) groups excluding carboxylic acids is 2. The third-order valence-corrected chi connectivity index (χ3v) is 3.95. The van der Waals surface area contributed by atoms with E-state index in [0.29, 0.717) is 11.4 Å². The van der Waals surface area contributed by atoms with Crippen molar-refractivity contribution in [3.63, 3.8) is 0 Å². The molecule has 0 aliphatic heterocycles. The molecule has 2 amide bonds. The molecule has 1 heterocycles. The van der Waals surface area contributed by atoms with E-state index >= 15 is 0 Å². The van der Waals surface area contributed by atoms with Crippen LogP contribution in [0.5, 0.6) is 0 Å². The van der Waals surface area contributed by atoms with Gasteiger partial charge in [-0.1, -0.05) is 11.8 Å². The molecule has 0 saturated heterocycles. The lowest BCUT2D eigenvalue weighted by Crippen LogP contribution is -2.22. The van der Waals surface area contributed by atoms with Gasteiger partial charge in [-0.25, -0.2) is 9.97 Å². The van der Waals surface area contributed by atoms with Crippen LogP contribution in [0.4, 0.5) is 11.4 Å². The van der Waals surface area contributed by atoms with Crippen LogP contribution < -0.4 is 10.6 Å². The van der Waals surface area contributed by atoms with Gasteiger partial charge in [0.2, 0.25) is 11.8 Å². The first-order valence-electron chi connectivity index (χ1n) is 7.08. The minimum absolute atomic E-state index is 0.112. The second-order valence-corrected chi connectivity index (χ2v) is 6.37. The van der Waals surface area contributed by atoms with Gasteiger partial charge in [0.05, 0.1) is 5.25 Å². The Morgan fingerprint density at radius 3 is 2.26 bits per heavy atom. The summed E-state index contributed by atoms with van der Waals surface area (Å²) in [6, 6.07) is 8.81. The number of thioether (sulfide) groups is 1.